The minimum absolute atomic E-state index is 0.160. The molecule has 0 bridgehead atoms. The zero-order valence-corrected chi connectivity index (χ0v) is 21.2. The first-order chi connectivity index (χ1) is 18.8. The lowest BCUT2D eigenvalue weighted by molar-refractivity contribution is -0.118. The molecule has 0 fully saturated rings. The molecule has 0 aliphatic heterocycles. The number of carbonyl (C=O) groups is 2. The SMILES string of the molecule is CN/C=C(\C(=O)Nc1ccc(F)cc1)C(=O)Nc1ccc(Oc2ccnc3cc(OC)c(OC)cc23)cc1F. The Morgan fingerprint density at radius 3 is 2.21 bits per heavy atom. The van der Waals surface area contributed by atoms with Crippen molar-refractivity contribution in [3.63, 3.8) is 0 Å². The largest absolute Gasteiger partial charge is 0.493 e. The molecule has 0 saturated heterocycles. The summed E-state index contributed by atoms with van der Waals surface area (Å²) >= 11 is 0. The fourth-order valence-electron chi connectivity index (χ4n) is 3.62. The second-order valence-corrected chi connectivity index (χ2v) is 8.04. The molecule has 0 atom stereocenters. The number of pyridine rings is 1. The number of hydrogen-bond acceptors (Lipinski definition) is 7. The summed E-state index contributed by atoms with van der Waals surface area (Å²) < 4.78 is 44.7. The zero-order chi connectivity index (χ0) is 27.9. The molecule has 3 aromatic carbocycles. The molecular weight excluding hydrogens is 510 g/mol. The lowest BCUT2D eigenvalue weighted by Crippen LogP contribution is -2.27. The Labute approximate surface area is 222 Å². The Balaban J connectivity index is 1.51. The van der Waals surface area contributed by atoms with E-state index in [0.717, 1.165) is 18.2 Å². The van der Waals surface area contributed by atoms with Crippen molar-refractivity contribution in [1.29, 1.82) is 0 Å². The highest BCUT2D eigenvalue weighted by Crippen LogP contribution is 2.37. The number of hydrogen-bond donors (Lipinski definition) is 3. The number of anilines is 2. The van der Waals surface area contributed by atoms with E-state index < -0.39 is 23.4 Å². The molecule has 39 heavy (non-hydrogen) atoms. The molecule has 0 saturated carbocycles. The van der Waals surface area contributed by atoms with Crippen LogP contribution in [-0.2, 0) is 9.59 Å². The molecule has 4 aromatic rings. The molecule has 2 amide bonds. The van der Waals surface area contributed by atoms with Gasteiger partial charge in [0, 0.05) is 42.7 Å². The van der Waals surface area contributed by atoms with Crippen LogP contribution in [0.4, 0.5) is 20.2 Å². The Bertz CT molecular complexity index is 1560. The Hall–Kier alpha value is -5.19. The van der Waals surface area contributed by atoms with E-state index in [0.29, 0.717) is 28.2 Å². The van der Waals surface area contributed by atoms with Crippen LogP contribution in [0, 0.1) is 11.6 Å². The van der Waals surface area contributed by atoms with Crippen molar-refractivity contribution in [2.75, 3.05) is 31.9 Å². The van der Waals surface area contributed by atoms with Crippen LogP contribution in [0.5, 0.6) is 23.0 Å². The number of carbonyl (C=O) groups excluding carboxylic acids is 2. The van der Waals surface area contributed by atoms with Crippen LogP contribution in [0.3, 0.4) is 0 Å². The quantitative estimate of drug-likeness (QED) is 0.157. The molecule has 0 radical (unpaired) electrons. The van der Waals surface area contributed by atoms with Crippen LogP contribution in [0.25, 0.3) is 10.9 Å². The van der Waals surface area contributed by atoms with E-state index in [9.17, 15) is 18.4 Å². The molecule has 0 aliphatic carbocycles. The van der Waals surface area contributed by atoms with E-state index in [4.69, 9.17) is 14.2 Å². The van der Waals surface area contributed by atoms with Gasteiger partial charge in [0.05, 0.1) is 25.4 Å². The Morgan fingerprint density at radius 1 is 0.846 bits per heavy atom. The molecule has 9 nitrogen and oxygen atoms in total. The van der Waals surface area contributed by atoms with Crippen molar-refractivity contribution >= 4 is 34.1 Å². The number of fused-ring (bicyclic) bond motifs is 1. The minimum Gasteiger partial charge on any atom is -0.493 e. The highest BCUT2D eigenvalue weighted by Gasteiger charge is 2.20. The maximum absolute atomic E-state index is 15.0. The first kappa shape index (κ1) is 26.9. The highest BCUT2D eigenvalue weighted by atomic mass is 19.1. The molecule has 4 rings (SSSR count). The summed E-state index contributed by atoms with van der Waals surface area (Å²) in [6.45, 7) is 0. The van der Waals surface area contributed by atoms with Crippen molar-refractivity contribution in [3.05, 3.63) is 90.3 Å². The molecule has 1 aromatic heterocycles. The monoisotopic (exact) mass is 534 g/mol. The van der Waals surface area contributed by atoms with Crippen LogP contribution in [-0.4, -0.2) is 38.1 Å². The summed E-state index contributed by atoms with van der Waals surface area (Å²) in [7, 11) is 4.52. The second kappa shape index (κ2) is 11.9. The summed E-state index contributed by atoms with van der Waals surface area (Å²) in [4.78, 5) is 29.8. The maximum atomic E-state index is 15.0. The molecule has 0 unspecified atom stereocenters. The van der Waals surface area contributed by atoms with Crippen molar-refractivity contribution in [2.24, 2.45) is 0 Å². The van der Waals surface area contributed by atoms with Gasteiger partial charge in [-0.2, -0.15) is 0 Å². The van der Waals surface area contributed by atoms with E-state index in [-0.39, 0.29) is 22.7 Å². The topological polar surface area (TPSA) is 111 Å². The van der Waals surface area contributed by atoms with Gasteiger partial charge in [-0.15, -0.1) is 0 Å². The van der Waals surface area contributed by atoms with Crippen LogP contribution in [0.2, 0.25) is 0 Å². The molecular formula is C28H24F2N4O5. The van der Waals surface area contributed by atoms with E-state index in [1.54, 1.807) is 24.4 Å². The Kier molecular flexibility index (Phi) is 8.20. The van der Waals surface area contributed by atoms with Gasteiger partial charge in [-0.1, -0.05) is 0 Å². The van der Waals surface area contributed by atoms with Crippen molar-refractivity contribution < 1.29 is 32.6 Å². The molecule has 0 aliphatic rings. The van der Waals surface area contributed by atoms with E-state index in [2.05, 4.69) is 20.9 Å². The van der Waals surface area contributed by atoms with Crippen molar-refractivity contribution in [3.8, 4) is 23.0 Å². The number of nitrogens with one attached hydrogen (secondary N) is 3. The number of rotatable bonds is 9. The third kappa shape index (κ3) is 6.21. The van der Waals surface area contributed by atoms with Crippen LogP contribution in [0.1, 0.15) is 0 Å². The van der Waals surface area contributed by atoms with Gasteiger partial charge in [-0.05, 0) is 48.5 Å². The first-order valence-electron chi connectivity index (χ1n) is 11.6. The minimum atomic E-state index is -0.863. The first-order valence-corrected chi connectivity index (χ1v) is 11.6. The summed E-state index contributed by atoms with van der Waals surface area (Å²) in [5, 5.41) is 8.10. The van der Waals surface area contributed by atoms with Crippen LogP contribution in [0.15, 0.2) is 78.6 Å². The molecule has 1 heterocycles. The van der Waals surface area contributed by atoms with Crippen molar-refractivity contribution in [1.82, 2.24) is 10.3 Å². The van der Waals surface area contributed by atoms with Gasteiger partial charge < -0.3 is 30.2 Å². The van der Waals surface area contributed by atoms with Crippen LogP contribution < -0.4 is 30.2 Å². The summed E-state index contributed by atoms with van der Waals surface area (Å²) in [6, 6.07) is 13.9. The van der Waals surface area contributed by atoms with Gasteiger partial charge in [0.2, 0.25) is 0 Å². The normalized spacial score (nSPS) is 11.1. The van der Waals surface area contributed by atoms with E-state index in [1.165, 1.54) is 51.7 Å². The molecule has 3 N–H and O–H groups in total. The molecule has 11 heteroatoms. The predicted molar refractivity (Wildman–Crippen MR) is 142 cm³/mol. The average molecular weight is 535 g/mol. The second-order valence-electron chi connectivity index (χ2n) is 8.04. The van der Waals surface area contributed by atoms with Gasteiger partial charge in [-0.3, -0.25) is 14.6 Å². The maximum Gasteiger partial charge on any atom is 0.262 e. The predicted octanol–water partition coefficient (Wildman–Crippen LogP) is 5.00. The number of methoxy groups -OCH3 is 2. The van der Waals surface area contributed by atoms with E-state index in [1.807, 2.05) is 0 Å². The average Bonchev–Trinajstić information content (AvgIpc) is 2.93. The number of aromatic nitrogens is 1. The van der Waals surface area contributed by atoms with Gasteiger partial charge in [0.1, 0.15) is 28.7 Å². The fraction of sp³-hybridized carbons (Fsp3) is 0.107. The van der Waals surface area contributed by atoms with Crippen LogP contribution >= 0.6 is 0 Å². The van der Waals surface area contributed by atoms with Gasteiger partial charge in [-0.25, -0.2) is 8.78 Å². The van der Waals surface area contributed by atoms with Gasteiger partial charge in [0.25, 0.3) is 11.8 Å². The molecule has 200 valence electrons. The fourth-order valence-corrected chi connectivity index (χ4v) is 3.62. The highest BCUT2D eigenvalue weighted by molar-refractivity contribution is 6.26. The number of halogens is 2. The summed E-state index contributed by atoms with van der Waals surface area (Å²) in [5.74, 6) is -1.37. The smallest absolute Gasteiger partial charge is 0.262 e. The Morgan fingerprint density at radius 2 is 1.54 bits per heavy atom. The number of nitrogens with zero attached hydrogens (tertiary/aromatic N) is 1. The third-order valence-corrected chi connectivity index (χ3v) is 5.50. The zero-order valence-electron chi connectivity index (χ0n) is 21.2. The lowest BCUT2D eigenvalue weighted by Gasteiger charge is -2.13. The van der Waals surface area contributed by atoms with Gasteiger partial charge >= 0.3 is 0 Å². The third-order valence-electron chi connectivity index (χ3n) is 5.50. The van der Waals surface area contributed by atoms with E-state index >= 15 is 0 Å². The standard InChI is InChI=1S/C28H24F2N4O5/c1-31-15-20(27(35)33-17-6-4-16(29)5-7-17)28(36)34-22-9-8-18(12-21(22)30)39-24-10-11-32-23-14-26(38-3)25(37-2)13-19(23)24/h4-15,31H,1-3H3,(H,33,35)(H,34,36)/b20-15+. The molecule has 0 spiro atoms. The number of ether oxygens (including phenoxy) is 3. The number of benzene rings is 3. The lowest BCUT2D eigenvalue weighted by atomic mass is 10.1. The number of amides is 2. The van der Waals surface area contributed by atoms with Crippen molar-refractivity contribution in [2.45, 2.75) is 0 Å². The summed E-state index contributed by atoms with van der Waals surface area (Å²) in [6.07, 6.45) is 2.71. The summed E-state index contributed by atoms with van der Waals surface area (Å²) in [5.41, 5.74) is 0.366. The van der Waals surface area contributed by atoms with Gasteiger partial charge in [0.15, 0.2) is 11.5 Å².